The first-order chi connectivity index (χ1) is 9.71. The Morgan fingerprint density at radius 3 is 2.70 bits per heavy atom. The van der Waals surface area contributed by atoms with Crippen LogP contribution in [0.3, 0.4) is 0 Å². The Morgan fingerprint density at radius 1 is 1.40 bits per heavy atom. The monoisotopic (exact) mass is 279 g/mol. The van der Waals surface area contributed by atoms with Gasteiger partial charge in [-0.3, -0.25) is 4.68 Å². The van der Waals surface area contributed by atoms with Crippen LogP contribution in [0.4, 0.5) is 0 Å². The van der Waals surface area contributed by atoms with Crippen molar-refractivity contribution in [3.05, 3.63) is 18.0 Å². The molecule has 0 unspecified atom stereocenters. The Balaban J connectivity index is 1.85. The predicted molar refractivity (Wildman–Crippen MR) is 81.3 cm³/mol. The molecule has 1 aliphatic rings. The molecule has 114 valence electrons. The highest BCUT2D eigenvalue weighted by atomic mass is 16.5. The fraction of sp³-hybridized carbons (Fsp3) is 0.812. The fourth-order valence-corrected chi connectivity index (χ4v) is 3.20. The third kappa shape index (κ3) is 3.83. The summed E-state index contributed by atoms with van der Waals surface area (Å²) in [5.74, 6) is 0.881. The van der Waals surface area contributed by atoms with Gasteiger partial charge in [-0.05, 0) is 38.5 Å². The second-order valence-electron chi connectivity index (χ2n) is 6.11. The van der Waals surface area contributed by atoms with Gasteiger partial charge >= 0.3 is 0 Å². The summed E-state index contributed by atoms with van der Waals surface area (Å²) in [6.07, 6.45) is 11.3. The molecule has 1 heterocycles. The van der Waals surface area contributed by atoms with E-state index < -0.39 is 0 Å². The zero-order chi connectivity index (χ0) is 14.4. The lowest BCUT2D eigenvalue weighted by atomic mass is 9.77. The van der Waals surface area contributed by atoms with E-state index in [1.807, 2.05) is 10.9 Å². The number of aryl methyl sites for hydroxylation is 1. The van der Waals surface area contributed by atoms with Gasteiger partial charge in [0.05, 0.1) is 18.4 Å². The van der Waals surface area contributed by atoms with Crippen LogP contribution in [0, 0.1) is 5.92 Å². The van der Waals surface area contributed by atoms with Crippen LogP contribution in [0.1, 0.15) is 57.9 Å². The number of hydrogen-bond acceptors (Lipinski definition) is 3. The van der Waals surface area contributed by atoms with Gasteiger partial charge in [0.2, 0.25) is 0 Å². The van der Waals surface area contributed by atoms with Gasteiger partial charge in [-0.1, -0.05) is 19.8 Å². The number of hydrogen-bond donors (Lipinski definition) is 1. The largest absolute Gasteiger partial charge is 0.369 e. The molecule has 0 amide bonds. The van der Waals surface area contributed by atoms with Crippen LogP contribution in [0.2, 0.25) is 0 Å². The molecular formula is C16H29N3O. The lowest BCUT2D eigenvalue weighted by Crippen LogP contribution is -2.43. The van der Waals surface area contributed by atoms with Crippen LogP contribution in [0.5, 0.6) is 0 Å². The second-order valence-corrected chi connectivity index (χ2v) is 6.11. The highest BCUT2D eigenvalue weighted by Crippen LogP contribution is 2.36. The van der Waals surface area contributed by atoms with Gasteiger partial charge in [-0.25, -0.2) is 0 Å². The van der Waals surface area contributed by atoms with Crippen molar-refractivity contribution in [2.24, 2.45) is 11.7 Å². The van der Waals surface area contributed by atoms with Gasteiger partial charge in [0.15, 0.2) is 0 Å². The summed E-state index contributed by atoms with van der Waals surface area (Å²) in [7, 11) is 0. The fourth-order valence-electron chi connectivity index (χ4n) is 3.20. The quantitative estimate of drug-likeness (QED) is 0.834. The molecule has 1 saturated carbocycles. The molecule has 0 aliphatic heterocycles. The first kappa shape index (κ1) is 15.5. The van der Waals surface area contributed by atoms with Crippen LogP contribution in [-0.4, -0.2) is 21.9 Å². The van der Waals surface area contributed by atoms with E-state index in [2.05, 4.69) is 25.1 Å². The number of aromatic nitrogens is 2. The zero-order valence-corrected chi connectivity index (χ0v) is 13.0. The normalized spacial score (nSPS) is 26.9. The molecule has 4 heteroatoms. The van der Waals surface area contributed by atoms with Crippen molar-refractivity contribution in [2.75, 3.05) is 6.54 Å². The maximum Gasteiger partial charge on any atom is 0.0808 e. The van der Waals surface area contributed by atoms with Gasteiger partial charge < -0.3 is 10.5 Å². The van der Waals surface area contributed by atoms with E-state index in [1.54, 1.807) is 0 Å². The van der Waals surface area contributed by atoms with Gasteiger partial charge in [-0.15, -0.1) is 0 Å². The first-order valence-electron chi connectivity index (χ1n) is 8.06. The van der Waals surface area contributed by atoms with Crippen molar-refractivity contribution in [3.63, 3.8) is 0 Å². The van der Waals surface area contributed by atoms with Crippen molar-refractivity contribution in [1.82, 2.24) is 9.78 Å². The Hall–Kier alpha value is -0.870. The Kier molecular flexibility index (Phi) is 5.61. The average Bonchev–Trinajstić information content (AvgIpc) is 2.95. The Bertz CT molecular complexity index is 394. The van der Waals surface area contributed by atoms with Crippen LogP contribution < -0.4 is 5.73 Å². The van der Waals surface area contributed by atoms with Gasteiger partial charge in [0, 0.05) is 24.8 Å². The standard InChI is InChI=1S/C16H29N3O/c1-3-5-14-6-8-16(13-17,9-7-14)20-12-15-10-18-19(4-2)11-15/h10-11,14H,3-9,12-13,17H2,1-2H3. The van der Waals surface area contributed by atoms with Crippen molar-refractivity contribution >= 4 is 0 Å². The molecular weight excluding hydrogens is 250 g/mol. The van der Waals surface area contributed by atoms with E-state index >= 15 is 0 Å². The Morgan fingerprint density at radius 2 is 2.15 bits per heavy atom. The minimum absolute atomic E-state index is 0.0987. The SMILES string of the molecule is CCCC1CCC(CN)(OCc2cnn(CC)c2)CC1. The summed E-state index contributed by atoms with van der Waals surface area (Å²) >= 11 is 0. The summed E-state index contributed by atoms with van der Waals surface area (Å²) in [5.41, 5.74) is 7.06. The Labute approximate surface area is 122 Å². The van der Waals surface area contributed by atoms with Crippen LogP contribution in [-0.2, 0) is 17.9 Å². The molecule has 1 aromatic heterocycles. The first-order valence-corrected chi connectivity index (χ1v) is 8.06. The molecule has 4 nitrogen and oxygen atoms in total. The summed E-state index contributed by atoms with van der Waals surface area (Å²) in [5, 5.41) is 4.29. The molecule has 0 aromatic carbocycles. The molecule has 0 bridgehead atoms. The predicted octanol–water partition coefficient (Wildman–Crippen LogP) is 3.11. The van der Waals surface area contributed by atoms with Crippen molar-refractivity contribution < 1.29 is 4.74 Å². The summed E-state index contributed by atoms with van der Waals surface area (Å²) in [6, 6.07) is 0. The van der Waals surface area contributed by atoms with E-state index in [0.717, 1.165) is 30.9 Å². The van der Waals surface area contributed by atoms with Crippen LogP contribution in [0.15, 0.2) is 12.4 Å². The zero-order valence-electron chi connectivity index (χ0n) is 13.0. The highest BCUT2D eigenvalue weighted by molar-refractivity contribution is 5.02. The van der Waals surface area contributed by atoms with Crippen LogP contribution in [0.25, 0.3) is 0 Å². The van der Waals surface area contributed by atoms with Gasteiger partial charge in [0.1, 0.15) is 0 Å². The van der Waals surface area contributed by atoms with E-state index in [0.29, 0.717) is 13.2 Å². The minimum atomic E-state index is -0.0987. The van der Waals surface area contributed by atoms with Crippen molar-refractivity contribution in [1.29, 1.82) is 0 Å². The lowest BCUT2D eigenvalue weighted by Gasteiger charge is -2.39. The maximum absolute atomic E-state index is 6.21. The third-order valence-electron chi connectivity index (χ3n) is 4.64. The highest BCUT2D eigenvalue weighted by Gasteiger charge is 2.34. The molecule has 0 saturated heterocycles. The van der Waals surface area contributed by atoms with E-state index in [1.165, 1.54) is 25.7 Å². The minimum Gasteiger partial charge on any atom is -0.369 e. The summed E-state index contributed by atoms with van der Waals surface area (Å²) < 4.78 is 8.15. The lowest BCUT2D eigenvalue weighted by molar-refractivity contribution is -0.0816. The number of nitrogens with two attached hydrogens (primary N) is 1. The summed E-state index contributed by atoms with van der Waals surface area (Å²) in [6.45, 7) is 6.53. The molecule has 0 atom stereocenters. The van der Waals surface area contributed by atoms with Gasteiger partial charge in [0.25, 0.3) is 0 Å². The van der Waals surface area contributed by atoms with Crippen molar-refractivity contribution in [3.8, 4) is 0 Å². The molecule has 1 aromatic rings. The molecule has 0 spiro atoms. The van der Waals surface area contributed by atoms with Gasteiger partial charge in [-0.2, -0.15) is 5.10 Å². The topological polar surface area (TPSA) is 53.1 Å². The van der Waals surface area contributed by atoms with E-state index in [-0.39, 0.29) is 5.60 Å². The number of nitrogens with zero attached hydrogens (tertiary/aromatic N) is 2. The molecule has 2 N–H and O–H groups in total. The number of rotatable bonds is 7. The molecule has 20 heavy (non-hydrogen) atoms. The van der Waals surface area contributed by atoms with E-state index in [9.17, 15) is 0 Å². The van der Waals surface area contributed by atoms with Crippen molar-refractivity contribution in [2.45, 2.75) is 71.1 Å². The average molecular weight is 279 g/mol. The maximum atomic E-state index is 6.21. The smallest absolute Gasteiger partial charge is 0.0808 e. The number of ether oxygens (including phenoxy) is 1. The second kappa shape index (κ2) is 7.23. The third-order valence-corrected chi connectivity index (χ3v) is 4.64. The van der Waals surface area contributed by atoms with Crippen LogP contribution >= 0.6 is 0 Å². The molecule has 2 rings (SSSR count). The molecule has 0 radical (unpaired) electrons. The van der Waals surface area contributed by atoms with E-state index in [4.69, 9.17) is 10.5 Å². The molecule has 1 fully saturated rings. The molecule has 1 aliphatic carbocycles. The summed E-state index contributed by atoms with van der Waals surface area (Å²) in [4.78, 5) is 0.